The zero-order chi connectivity index (χ0) is 12.3. The molecule has 94 valence electrons. The van der Waals surface area contributed by atoms with E-state index in [0.29, 0.717) is 6.54 Å². The van der Waals surface area contributed by atoms with Crippen LogP contribution in [-0.4, -0.2) is 54.0 Å². The molecule has 1 aromatic heterocycles. The second-order valence-corrected chi connectivity index (χ2v) is 5.18. The molecular weight excluding hydrogens is 236 g/mol. The molecule has 0 spiro atoms. The van der Waals surface area contributed by atoms with Gasteiger partial charge in [-0.05, 0) is 6.92 Å². The fraction of sp³-hybridized carbons (Fsp3) is 0.636. The number of carbonyl (C=O) groups excluding carboxylic acids is 1. The molecule has 0 saturated carbocycles. The summed E-state index contributed by atoms with van der Waals surface area (Å²) in [7, 11) is 1.85. The highest BCUT2D eigenvalue weighted by molar-refractivity contribution is 7.09. The molecule has 1 aromatic rings. The maximum atomic E-state index is 12.1. The van der Waals surface area contributed by atoms with Gasteiger partial charge in [0.15, 0.2) is 0 Å². The molecule has 0 atom stereocenters. The molecule has 0 aromatic carbocycles. The Labute approximate surface area is 105 Å². The molecule has 1 aliphatic rings. The van der Waals surface area contributed by atoms with Crippen LogP contribution in [0.1, 0.15) is 10.6 Å². The quantitative estimate of drug-likeness (QED) is 0.853. The first-order chi connectivity index (χ1) is 8.18. The van der Waals surface area contributed by atoms with E-state index in [-0.39, 0.29) is 6.03 Å². The van der Waals surface area contributed by atoms with Gasteiger partial charge < -0.3 is 15.1 Å². The van der Waals surface area contributed by atoms with E-state index in [0.717, 1.165) is 36.8 Å². The summed E-state index contributed by atoms with van der Waals surface area (Å²) < 4.78 is 0. The maximum absolute atomic E-state index is 12.1. The Hall–Kier alpha value is -1.14. The van der Waals surface area contributed by atoms with Crippen LogP contribution in [-0.2, 0) is 6.54 Å². The zero-order valence-electron chi connectivity index (χ0n) is 10.3. The summed E-state index contributed by atoms with van der Waals surface area (Å²) in [5.41, 5.74) is 2.85. The number of thiazole rings is 1. The van der Waals surface area contributed by atoms with E-state index in [1.165, 1.54) is 0 Å². The van der Waals surface area contributed by atoms with Gasteiger partial charge >= 0.3 is 6.03 Å². The van der Waals surface area contributed by atoms with Crippen LogP contribution in [0.4, 0.5) is 4.79 Å². The molecule has 1 saturated heterocycles. The molecule has 2 heterocycles. The topological polar surface area (TPSA) is 48.5 Å². The maximum Gasteiger partial charge on any atom is 0.320 e. The van der Waals surface area contributed by atoms with Crippen LogP contribution in [0.2, 0.25) is 0 Å². The lowest BCUT2D eigenvalue weighted by Gasteiger charge is -2.31. The Kier molecular flexibility index (Phi) is 3.96. The fourth-order valence-corrected chi connectivity index (χ4v) is 2.69. The van der Waals surface area contributed by atoms with Crippen LogP contribution in [0.25, 0.3) is 0 Å². The van der Waals surface area contributed by atoms with Crippen molar-refractivity contribution < 1.29 is 4.79 Å². The third kappa shape index (κ3) is 2.95. The summed E-state index contributed by atoms with van der Waals surface area (Å²) in [4.78, 5) is 21.2. The first-order valence-electron chi connectivity index (χ1n) is 5.78. The van der Waals surface area contributed by atoms with Crippen molar-refractivity contribution in [1.29, 1.82) is 0 Å². The van der Waals surface area contributed by atoms with Crippen molar-refractivity contribution in [3.8, 4) is 0 Å². The number of urea groups is 1. The van der Waals surface area contributed by atoms with Crippen LogP contribution in [0, 0.1) is 6.92 Å². The lowest BCUT2D eigenvalue weighted by molar-refractivity contribution is 0.154. The second kappa shape index (κ2) is 5.46. The molecule has 17 heavy (non-hydrogen) atoms. The minimum Gasteiger partial charge on any atom is -0.322 e. The van der Waals surface area contributed by atoms with Gasteiger partial charge in [0.25, 0.3) is 0 Å². The van der Waals surface area contributed by atoms with Gasteiger partial charge in [0.2, 0.25) is 0 Å². The van der Waals surface area contributed by atoms with Crippen molar-refractivity contribution in [2.75, 3.05) is 33.2 Å². The summed E-state index contributed by atoms with van der Waals surface area (Å²) in [5, 5.41) is 3.24. The van der Waals surface area contributed by atoms with Gasteiger partial charge in [-0.25, -0.2) is 9.78 Å². The lowest BCUT2D eigenvalue weighted by Crippen LogP contribution is -2.50. The normalized spacial score (nSPS) is 16.0. The van der Waals surface area contributed by atoms with Crippen molar-refractivity contribution in [2.45, 2.75) is 13.5 Å². The Morgan fingerprint density at radius 1 is 1.59 bits per heavy atom. The molecule has 6 heteroatoms. The van der Waals surface area contributed by atoms with Crippen LogP contribution < -0.4 is 5.32 Å². The number of rotatable bonds is 2. The number of carbonyl (C=O) groups is 1. The van der Waals surface area contributed by atoms with E-state index in [9.17, 15) is 4.79 Å². The highest BCUT2D eigenvalue weighted by atomic mass is 32.1. The largest absolute Gasteiger partial charge is 0.322 e. The highest BCUT2D eigenvalue weighted by Crippen LogP contribution is 2.15. The molecule has 1 fully saturated rings. The van der Waals surface area contributed by atoms with Gasteiger partial charge in [0.1, 0.15) is 0 Å². The number of hydrogen-bond donors (Lipinski definition) is 1. The van der Waals surface area contributed by atoms with Crippen LogP contribution >= 0.6 is 11.3 Å². The fourth-order valence-electron chi connectivity index (χ4n) is 1.86. The first kappa shape index (κ1) is 12.3. The number of aryl methyl sites for hydroxylation is 1. The van der Waals surface area contributed by atoms with Gasteiger partial charge in [-0.2, -0.15) is 0 Å². The summed E-state index contributed by atoms with van der Waals surface area (Å²) in [5.74, 6) is 0. The molecule has 1 aliphatic heterocycles. The Morgan fingerprint density at radius 2 is 2.29 bits per heavy atom. The summed E-state index contributed by atoms with van der Waals surface area (Å²) in [6.07, 6.45) is 0. The smallest absolute Gasteiger partial charge is 0.320 e. The molecule has 0 unspecified atom stereocenters. The highest BCUT2D eigenvalue weighted by Gasteiger charge is 2.20. The molecule has 2 rings (SSSR count). The Bertz CT molecular complexity index is 387. The van der Waals surface area contributed by atoms with Crippen molar-refractivity contribution in [3.05, 3.63) is 16.1 Å². The number of nitrogens with zero attached hydrogens (tertiary/aromatic N) is 3. The number of hydrogen-bond acceptors (Lipinski definition) is 4. The predicted octanol–water partition coefficient (Wildman–Crippen LogP) is 0.909. The van der Waals surface area contributed by atoms with E-state index >= 15 is 0 Å². The minimum atomic E-state index is 0.110. The standard InChI is InChI=1S/C11H18N4OS/c1-9-10(17-8-13-9)7-14(2)11(16)15-5-3-12-4-6-15/h8,12H,3-7H2,1-2H3. The SMILES string of the molecule is Cc1ncsc1CN(C)C(=O)N1CCNCC1. The van der Waals surface area contributed by atoms with E-state index in [1.54, 1.807) is 16.2 Å². The molecule has 0 bridgehead atoms. The number of aromatic nitrogens is 1. The van der Waals surface area contributed by atoms with Crippen LogP contribution in [0.3, 0.4) is 0 Å². The Morgan fingerprint density at radius 3 is 2.88 bits per heavy atom. The van der Waals surface area contributed by atoms with Gasteiger partial charge in [0.05, 0.1) is 17.7 Å². The van der Waals surface area contributed by atoms with Crippen molar-refractivity contribution in [1.82, 2.24) is 20.1 Å². The molecular formula is C11H18N4OS. The molecule has 0 radical (unpaired) electrons. The summed E-state index contributed by atoms with van der Waals surface area (Å²) in [6.45, 7) is 6.00. The van der Waals surface area contributed by atoms with Crippen LogP contribution in [0.15, 0.2) is 5.51 Å². The average molecular weight is 254 g/mol. The second-order valence-electron chi connectivity index (χ2n) is 4.24. The molecule has 1 N–H and O–H groups in total. The summed E-state index contributed by atoms with van der Waals surface area (Å²) in [6, 6.07) is 0.110. The van der Waals surface area contributed by atoms with E-state index in [2.05, 4.69) is 10.3 Å². The third-order valence-corrected chi connectivity index (χ3v) is 3.86. The summed E-state index contributed by atoms with van der Waals surface area (Å²) >= 11 is 1.61. The minimum absolute atomic E-state index is 0.110. The number of amides is 2. The Balaban J connectivity index is 1.93. The van der Waals surface area contributed by atoms with E-state index in [1.807, 2.05) is 24.4 Å². The third-order valence-electron chi connectivity index (χ3n) is 2.94. The molecule has 5 nitrogen and oxygen atoms in total. The molecule has 2 amide bonds. The zero-order valence-corrected chi connectivity index (χ0v) is 11.1. The van der Waals surface area contributed by atoms with Gasteiger partial charge in [-0.15, -0.1) is 11.3 Å². The van der Waals surface area contributed by atoms with E-state index < -0.39 is 0 Å². The lowest BCUT2D eigenvalue weighted by atomic mass is 10.3. The monoisotopic (exact) mass is 254 g/mol. The van der Waals surface area contributed by atoms with Crippen molar-refractivity contribution in [3.63, 3.8) is 0 Å². The van der Waals surface area contributed by atoms with Gasteiger partial charge in [0, 0.05) is 38.1 Å². The van der Waals surface area contributed by atoms with Crippen LogP contribution in [0.5, 0.6) is 0 Å². The predicted molar refractivity (Wildman–Crippen MR) is 68.2 cm³/mol. The number of piperazine rings is 1. The van der Waals surface area contributed by atoms with Gasteiger partial charge in [-0.3, -0.25) is 0 Å². The molecule has 0 aliphatic carbocycles. The van der Waals surface area contributed by atoms with Crippen molar-refractivity contribution in [2.24, 2.45) is 0 Å². The van der Waals surface area contributed by atoms with Crippen molar-refractivity contribution >= 4 is 17.4 Å². The first-order valence-corrected chi connectivity index (χ1v) is 6.66. The van der Waals surface area contributed by atoms with E-state index in [4.69, 9.17) is 0 Å². The average Bonchev–Trinajstić information content (AvgIpc) is 2.75. The van der Waals surface area contributed by atoms with Gasteiger partial charge in [-0.1, -0.05) is 0 Å². The number of nitrogens with one attached hydrogen (secondary N) is 1.